The molecule has 1 aromatic rings. The molecule has 106 valence electrons. The van der Waals surface area contributed by atoms with Gasteiger partial charge in [0.05, 0.1) is 17.9 Å². The van der Waals surface area contributed by atoms with Crippen LogP contribution in [0.4, 0.5) is 26.3 Å². The maximum Gasteiger partial charge on any atom is 0.416 e. The van der Waals surface area contributed by atoms with Crippen molar-refractivity contribution < 1.29 is 36.2 Å². The first-order valence-corrected chi connectivity index (χ1v) is 4.97. The molecule has 0 aliphatic heterocycles. The molecule has 0 amide bonds. The van der Waals surface area contributed by atoms with Crippen molar-refractivity contribution in [3.8, 4) is 0 Å². The maximum absolute atomic E-state index is 12.3. The molecule has 0 aromatic heterocycles. The van der Waals surface area contributed by atoms with Crippen LogP contribution in [0.2, 0.25) is 0 Å². The number of carboxylic acids is 1. The van der Waals surface area contributed by atoms with Crippen molar-refractivity contribution in [1.29, 1.82) is 0 Å². The average Bonchev–Trinajstić information content (AvgIpc) is 2.23. The first-order chi connectivity index (χ1) is 8.50. The zero-order chi connectivity index (χ0) is 14.8. The van der Waals surface area contributed by atoms with Gasteiger partial charge in [0.25, 0.3) is 0 Å². The Labute approximate surface area is 103 Å². The van der Waals surface area contributed by atoms with Gasteiger partial charge in [-0.25, -0.2) is 0 Å². The monoisotopic (exact) mass is 286 g/mol. The Morgan fingerprint density at radius 3 is 1.84 bits per heavy atom. The third-order valence-electron chi connectivity index (χ3n) is 2.37. The van der Waals surface area contributed by atoms with E-state index in [1.165, 1.54) is 0 Å². The molecule has 1 N–H and O–H groups in total. The normalized spacial score (nSPS) is 14.2. The molecule has 1 rings (SSSR count). The Hall–Kier alpha value is -1.73. The molecule has 0 bridgehead atoms. The van der Waals surface area contributed by atoms with Crippen LogP contribution in [-0.4, -0.2) is 17.3 Å². The molecule has 0 aliphatic rings. The van der Waals surface area contributed by atoms with Gasteiger partial charge < -0.3 is 5.11 Å². The van der Waals surface area contributed by atoms with Gasteiger partial charge in [0.15, 0.2) is 0 Å². The number of carboxylic acid groups (broad SMARTS) is 1. The first kappa shape index (κ1) is 15.3. The van der Waals surface area contributed by atoms with E-state index in [4.69, 9.17) is 5.11 Å². The lowest BCUT2D eigenvalue weighted by atomic mass is 9.94. The van der Waals surface area contributed by atoms with Crippen LogP contribution in [0.3, 0.4) is 0 Å². The minimum atomic E-state index is -4.72. The lowest BCUT2D eigenvalue weighted by Gasteiger charge is -2.15. The third-order valence-corrected chi connectivity index (χ3v) is 2.37. The Morgan fingerprint density at radius 1 is 1.05 bits per heavy atom. The fraction of sp³-hybridized carbons (Fsp3) is 0.364. The molecule has 1 atom stereocenters. The number of benzene rings is 1. The average molecular weight is 286 g/mol. The molecule has 0 fully saturated rings. The Kier molecular flexibility index (Phi) is 4.12. The first-order valence-electron chi connectivity index (χ1n) is 4.97. The Balaban J connectivity index is 3.02. The molecule has 19 heavy (non-hydrogen) atoms. The predicted molar refractivity (Wildman–Crippen MR) is 52.5 cm³/mol. The summed E-state index contributed by atoms with van der Waals surface area (Å²) in [7, 11) is 0. The Morgan fingerprint density at radius 2 is 1.53 bits per heavy atom. The molecule has 0 aliphatic carbocycles. The molecule has 1 unspecified atom stereocenters. The van der Waals surface area contributed by atoms with Crippen molar-refractivity contribution in [1.82, 2.24) is 0 Å². The van der Waals surface area contributed by atoms with Crippen LogP contribution >= 0.6 is 0 Å². The zero-order valence-electron chi connectivity index (χ0n) is 9.22. The smallest absolute Gasteiger partial charge is 0.416 e. The van der Waals surface area contributed by atoms with Crippen molar-refractivity contribution in [2.75, 3.05) is 0 Å². The summed E-state index contributed by atoms with van der Waals surface area (Å²) in [6.45, 7) is 0. The van der Waals surface area contributed by atoms with Gasteiger partial charge >= 0.3 is 18.3 Å². The highest BCUT2D eigenvalue weighted by Crippen LogP contribution is 2.34. The van der Waals surface area contributed by atoms with Crippen molar-refractivity contribution in [3.05, 3.63) is 35.4 Å². The van der Waals surface area contributed by atoms with E-state index >= 15 is 0 Å². The minimum absolute atomic E-state index is 0.321. The lowest BCUT2D eigenvalue weighted by Crippen LogP contribution is -2.20. The summed E-state index contributed by atoms with van der Waals surface area (Å²) in [4.78, 5) is 10.7. The number of halogens is 6. The van der Waals surface area contributed by atoms with E-state index in [1.807, 2.05) is 0 Å². The van der Waals surface area contributed by atoms with Crippen LogP contribution in [-0.2, 0) is 11.0 Å². The van der Waals surface area contributed by atoms with Crippen LogP contribution in [0.15, 0.2) is 24.3 Å². The van der Waals surface area contributed by atoms with Crippen LogP contribution < -0.4 is 0 Å². The van der Waals surface area contributed by atoms with Crippen molar-refractivity contribution in [2.45, 2.75) is 24.7 Å². The van der Waals surface area contributed by atoms with Gasteiger partial charge in [-0.05, 0) is 17.7 Å². The van der Waals surface area contributed by atoms with Gasteiger partial charge in [-0.3, -0.25) is 4.79 Å². The highest BCUT2D eigenvalue weighted by atomic mass is 19.4. The zero-order valence-corrected chi connectivity index (χ0v) is 9.22. The highest BCUT2D eigenvalue weighted by molar-refractivity contribution is 5.76. The summed E-state index contributed by atoms with van der Waals surface area (Å²) < 4.78 is 73.3. The van der Waals surface area contributed by atoms with E-state index in [0.717, 1.165) is 12.1 Å². The molecule has 1 aromatic carbocycles. The fourth-order valence-corrected chi connectivity index (χ4v) is 1.48. The summed E-state index contributed by atoms with van der Waals surface area (Å²) in [5.41, 5.74) is -1.37. The SMILES string of the molecule is O=C(O)C(CC(F)(F)F)c1ccc(C(F)(F)F)cc1. The van der Waals surface area contributed by atoms with Gasteiger partial charge in [0, 0.05) is 0 Å². The molecular formula is C11H8F6O2. The van der Waals surface area contributed by atoms with E-state index in [-0.39, 0.29) is 5.56 Å². The maximum atomic E-state index is 12.3. The summed E-state index contributed by atoms with van der Waals surface area (Å²) in [6.07, 6.45) is -11.0. The summed E-state index contributed by atoms with van der Waals surface area (Å²) >= 11 is 0. The van der Waals surface area contributed by atoms with Gasteiger partial charge in [-0.15, -0.1) is 0 Å². The second-order valence-electron chi connectivity index (χ2n) is 3.83. The quantitative estimate of drug-likeness (QED) is 0.857. The van der Waals surface area contributed by atoms with Crippen molar-refractivity contribution in [2.24, 2.45) is 0 Å². The summed E-state index contributed by atoms with van der Waals surface area (Å²) in [5.74, 6) is -3.65. The van der Waals surface area contributed by atoms with Gasteiger partial charge in [-0.2, -0.15) is 26.3 Å². The second-order valence-corrected chi connectivity index (χ2v) is 3.83. The molecule has 0 radical (unpaired) electrons. The predicted octanol–water partition coefficient (Wildman–Crippen LogP) is 3.83. The van der Waals surface area contributed by atoms with Crippen molar-refractivity contribution >= 4 is 5.97 Å². The van der Waals surface area contributed by atoms with Gasteiger partial charge in [-0.1, -0.05) is 12.1 Å². The molecular weight excluding hydrogens is 278 g/mol. The number of rotatable bonds is 3. The largest absolute Gasteiger partial charge is 0.481 e. The van der Waals surface area contributed by atoms with E-state index < -0.39 is 36.2 Å². The third kappa shape index (κ3) is 4.46. The molecule has 0 saturated carbocycles. The molecule has 0 saturated heterocycles. The van der Waals surface area contributed by atoms with Gasteiger partial charge in [0.2, 0.25) is 0 Å². The van der Waals surface area contributed by atoms with Crippen LogP contribution in [0.25, 0.3) is 0 Å². The van der Waals surface area contributed by atoms with Crippen LogP contribution in [0.1, 0.15) is 23.5 Å². The molecule has 0 heterocycles. The number of carbonyl (C=O) groups is 1. The Bertz CT molecular complexity index is 446. The lowest BCUT2D eigenvalue weighted by molar-refractivity contribution is -0.157. The van der Waals surface area contributed by atoms with Crippen molar-refractivity contribution in [3.63, 3.8) is 0 Å². The molecule has 2 nitrogen and oxygen atoms in total. The number of aliphatic carboxylic acids is 1. The standard InChI is InChI=1S/C11H8F6O2/c12-10(13,14)5-8(9(18)19)6-1-3-7(4-2-6)11(15,16)17/h1-4,8H,5H2,(H,18,19). The van der Waals surface area contributed by atoms with E-state index in [9.17, 15) is 31.1 Å². The topological polar surface area (TPSA) is 37.3 Å². The van der Waals surface area contributed by atoms with E-state index in [0.29, 0.717) is 12.1 Å². The van der Waals surface area contributed by atoms with Crippen LogP contribution in [0.5, 0.6) is 0 Å². The number of hydrogen-bond donors (Lipinski definition) is 1. The molecule has 8 heteroatoms. The fourth-order valence-electron chi connectivity index (χ4n) is 1.48. The van der Waals surface area contributed by atoms with Crippen LogP contribution in [0, 0.1) is 0 Å². The van der Waals surface area contributed by atoms with Gasteiger partial charge in [0.1, 0.15) is 0 Å². The number of alkyl halides is 6. The summed E-state index contributed by atoms with van der Waals surface area (Å²) in [5, 5.41) is 8.70. The molecule has 0 spiro atoms. The van der Waals surface area contributed by atoms with E-state index in [2.05, 4.69) is 0 Å². The highest BCUT2D eigenvalue weighted by Gasteiger charge is 2.37. The number of hydrogen-bond acceptors (Lipinski definition) is 1. The summed E-state index contributed by atoms with van der Waals surface area (Å²) in [6, 6.07) is 2.60. The van der Waals surface area contributed by atoms with E-state index in [1.54, 1.807) is 0 Å². The second kappa shape index (κ2) is 5.10. The minimum Gasteiger partial charge on any atom is -0.481 e.